The van der Waals surface area contributed by atoms with Gasteiger partial charge in [0.05, 0.1) is 32.4 Å². The van der Waals surface area contributed by atoms with Gasteiger partial charge in [-0.25, -0.2) is 0 Å². The average molecular weight is 455 g/mol. The van der Waals surface area contributed by atoms with Gasteiger partial charge in [-0.3, -0.25) is 4.79 Å². The summed E-state index contributed by atoms with van der Waals surface area (Å²) in [5, 5.41) is 3.02. The fraction of sp³-hybridized carbons (Fsp3) is 0.316. The maximum atomic E-state index is 12.7. The summed E-state index contributed by atoms with van der Waals surface area (Å²) in [5.74, 6) is 1.75. The molecule has 1 N–H and O–H groups in total. The zero-order valence-electron chi connectivity index (χ0n) is 14.8. The molecule has 6 heteroatoms. The van der Waals surface area contributed by atoms with Crippen LogP contribution in [-0.2, 0) is 0 Å². The fourth-order valence-electron chi connectivity index (χ4n) is 2.43. The van der Waals surface area contributed by atoms with Gasteiger partial charge in [-0.05, 0) is 66.3 Å². The molecule has 0 saturated carbocycles. The molecule has 5 nitrogen and oxygen atoms in total. The van der Waals surface area contributed by atoms with E-state index in [0.717, 1.165) is 14.9 Å². The van der Waals surface area contributed by atoms with Crippen molar-refractivity contribution >= 4 is 28.5 Å². The number of ether oxygens (including phenoxy) is 3. The molecule has 0 bridgehead atoms. The van der Waals surface area contributed by atoms with Gasteiger partial charge in [0.25, 0.3) is 5.91 Å². The first-order valence-electron chi connectivity index (χ1n) is 7.95. The van der Waals surface area contributed by atoms with E-state index in [1.54, 1.807) is 26.4 Å². The maximum absolute atomic E-state index is 12.7. The molecular formula is C19H22INO4. The Morgan fingerprint density at radius 2 is 1.84 bits per heavy atom. The third-order valence-corrected chi connectivity index (χ3v) is 4.63. The normalized spacial score (nSPS) is 11.6. The summed E-state index contributed by atoms with van der Waals surface area (Å²) in [4.78, 5) is 12.7. The minimum atomic E-state index is -0.167. The Kier molecular flexibility index (Phi) is 6.92. The monoisotopic (exact) mass is 455 g/mol. The molecule has 0 heterocycles. The molecule has 1 unspecified atom stereocenters. The molecular weight excluding hydrogens is 433 g/mol. The number of hydrogen-bond donors (Lipinski definition) is 1. The molecule has 1 amide bonds. The summed E-state index contributed by atoms with van der Waals surface area (Å²) < 4.78 is 16.9. The second kappa shape index (κ2) is 8.94. The highest BCUT2D eigenvalue weighted by molar-refractivity contribution is 14.1. The first-order chi connectivity index (χ1) is 12.0. The van der Waals surface area contributed by atoms with Crippen LogP contribution in [0.3, 0.4) is 0 Å². The summed E-state index contributed by atoms with van der Waals surface area (Å²) in [6.45, 7) is 4.49. The summed E-state index contributed by atoms with van der Waals surface area (Å²) >= 11 is 2.12. The minimum absolute atomic E-state index is 0.156. The van der Waals surface area contributed by atoms with E-state index in [0.29, 0.717) is 23.7 Å². The standard InChI is InChI=1S/C19H22INO4/c1-5-25-14-8-6-7-13(9-14)12(2)21-19(22)15-10-17(23-3)18(24-4)11-16(15)20/h6-12H,5H2,1-4H3,(H,21,22). The molecule has 0 saturated heterocycles. The van der Waals surface area contributed by atoms with Crippen LogP contribution in [0.15, 0.2) is 36.4 Å². The maximum Gasteiger partial charge on any atom is 0.252 e. The predicted octanol–water partition coefficient (Wildman–Crippen LogP) is 4.20. The summed E-state index contributed by atoms with van der Waals surface area (Å²) in [7, 11) is 3.12. The fourth-order valence-corrected chi connectivity index (χ4v) is 3.11. The van der Waals surface area contributed by atoms with Crippen molar-refractivity contribution in [2.75, 3.05) is 20.8 Å². The zero-order chi connectivity index (χ0) is 18.4. The van der Waals surface area contributed by atoms with Gasteiger partial charge in [0.2, 0.25) is 0 Å². The van der Waals surface area contributed by atoms with E-state index < -0.39 is 0 Å². The molecule has 0 fully saturated rings. The molecule has 0 aliphatic heterocycles. The highest BCUT2D eigenvalue weighted by atomic mass is 127. The van der Waals surface area contributed by atoms with E-state index in [9.17, 15) is 4.79 Å². The SMILES string of the molecule is CCOc1cccc(C(C)NC(=O)c2cc(OC)c(OC)cc2I)c1. The second-order valence-electron chi connectivity index (χ2n) is 5.39. The number of carbonyl (C=O) groups is 1. The van der Waals surface area contributed by atoms with Crippen molar-refractivity contribution in [1.29, 1.82) is 0 Å². The van der Waals surface area contributed by atoms with Gasteiger partial charge >= 0.3 is 0 Å². The van der Waals surface area contributed by atoms with Crippen LogP contribution in [-0.4, -0.2) is 26.7 Å². The highest BCUT2D eigenvalue weighted by Gasteiger charge is 2.18. The number of methoxy groups -OCH3 is 2. The number of carbonyl (C=O) groups excluding carboxylic acids is 1. The molecule has 2 aromatic carbocycles. The molecule has 1 atom stereocenters. The van der Waals surface area contributed by atoms with Crippen LogP contribution in [0, 0.1) is 3.57 Å². The lowest BCUT2D eigenvalue weighted by atomic mass is 10.1. The van der Waals surface area contributed by atoms with Crippen LogP contribution in [0.25, 0.3) is 0 Å². The zero-order valence-corrected chi connectivity index (χ0v) is 16.9. The van der Waals surface area contributed by atoms with E-state index in [-0.39, 0.29) is 11.9 Å². The van der Waals surface area contributed by atoms with Gasteiger partial charge in [-0.1, -0.05) is 12.1 Å². The van der Waals surface area contributed by atoms with Crippen LogP contribution in [0.4, 0.5) is 0 Å². The van der Waals surface area contributed by atoms with Crippen molar-refractivity contribution in [3.63, 3.8) is 0 Å². The molecule has 0 spiro atoms. The molecule has 0 aliphatic carbocycles. The number of hydrogen-bond acceptors (Lipinski definition) is 4. The summed E-state index contributed by atoms with van der Waals surface area (Å²) in [6.07, 6.45) is 0. The molecule has 25 heavy (non-hydrogen) atoms. The van der Waals surface area contributed by atoms with E-state index in [2.05, 4.69) is 27.9 Å². The Morgan fingerprint density at radius 3 is 2.48 bits per heavy atom. The number of benzene rings is 2. The lowest BCUT2D eigenvalue weighted by molar-refractivity contribution is 0.0938. The van der Waals surface area contributed by atoms with E-state index in [1.807, 2.05) is 38.1 Å². The van der Waals surface area contributed by atoms with Crippen molar-refractivity contribution in [3.05, 3.63) is 51.1 Å². The van der Waals surface area contributed by atoms with Crippen molar-refractivity contribution in [1.82, 2.24) is 5.32 Å². The van der Waals surface area contributed by atoms with Crippen LogP contribution in [0.1, 0.15) is 35.8 Å². The number of rotatable bonds is 7. The average Bonchev–Trinajstić information content (AvgIpc) is 2.61. The lowest BCUT2D eigenvalue weighted by Gasteiger charge is -2.17. The van der Waals surface area contributed by atoms with Gasteiger partial charge in [-0.2, -0.15) is 0 Å². The van der Waals surface area contributed by atoms with Crippen LogP contribution in [0.5, 0.6) is 17.2 Å². The molecule has 2 rings (SSSR count). The Hall–Kier alpha value is -1.96. The van der Waals surface area contributed by atoms with E-state index >= 15 is 0 Å². The lowest BCUT2D eigenvalue weighted by Crippen LogP contribution is -2.27. The van der Waals surface area contributed by atoms with E-state index in [4.69, 9.17) is 14.2 Å². The molecule has 2 aromatic rings. The van der Waals surface area contributed by atoms with Crippen LogP contribution in [0.2, 0.25) is 0 Å². The van der Waals surface area contributed by atoms with Crippen LogP contribution >= 0.6 is 22.6 Å². The third kappa shape index (κ3) is 4.78. The van der Waals surface area contributed by atoms with Crippen molar-refractivity contribution < 1.29 is 19.0 Å². The molecule has 134 valence electrons. The van der Waals surface area contributed by atoms with Gasteiger partial charge in [0, 0.05) is 3.57 Å². The van der Waals surface area contributed by atoms with Gasteiger partial charge in [0.15, 0.2) is 11.5 Å². The summed E-state index contributed by atoms with van der Waals surface area (Å²) in [6, 6.07) is 11.0. The van der Waals surface area contributed by atoms with Crippen molar-refractivity contribution in [2.24, 2.45) is 0 Å². The smallest absolute Gasteiger partial charge is 0.252 e. The Labute approximate surface area is 161 Å². The Balaban J connectivity index is 2.20. The van der Waals surface area contributed by atoms with Crippen LogP contribution < -0.4 is 19.5 Å². The molecule has 0 radical (unpaired) electrons. The van der Waals surface area contributed by atoms with Crippen molar-refractivity contribution in [2.45, 2.75) is 19.9 Å². The quantitative estimate of drug-likeness (QED) is 0.637. The predicted molar refractivity (Wildman–Crippen MR) is 106 cm³/mol. The first kappa shape index (κ1) is 19.4. The van der Waals surface area contributed by atoms with Crippen molar-refractivity contribution in [3.8, 4) is 17.2 Å². The second-order valence-corrected chi connectivity index (χ2v) is 6.55. The molecule has 0 aliphatic rings. The highest BCUT2D eigenvalue weighted by Crippen LogP contribution is 2.31. The van der Waals surface area contributed by atoms with Gasteiger partial charge in [-0.15, -0.1) is 0 Å². The summed E-state index contributed by atoms with van der Waals surface area (Å²) in [5.41, 5.74) is 1.53. The largest absolute Gasteiger partial charge is 0.494 e. The molecule has 0 aromatic heterocycles. The third-order valence-electron chi connectivity index (χ3n) is 3.73. The number of nitrogens with one attached hydrogen (secondary N) is 1. The number of halogens is 1. The first-order valence-corrected chi connectivity index (χ1v) is 9.03. The van der Waals surface area contributed by atoms with Gasteiger partial charge in [0.1, 0.15) is 5.75 Å². The Bertz CT molecular complexity index is 748. The topological polar surface area (TPSA) is 56.8 Å². The number of amides is 1. The minimum Gasteiger partial charge on any atom is -0.494 e. The Morgan fingerprint density at radius 1 is 1.16 bits per heavy atom. The van der Waals surface area contributed by atoms with Gasteiger partial charge < -0.3 is 19.5 Å². The van der Waals surface area contributed by atoms with E-state index in [1.165, 1.54) is 0 Å².